The number of hydrazone groups is 1. The van der Waals surface area contributed by atoms with Crippen molar-refractivity contribution in [2.75, 3.05) is 13.1 Å². The number of benzene rings is 1. The molecule has 0 unspecified atom stereocenters. The van der Waals surface area contributed by atoms with Crippen molar-refractivity contribution in [1.82, 2.24) is 5.01 Å². The fourth-order valence-electron chi connectivity index (χ4n) is 1.79. The summed E-state index contributed by atoms with van der Waals surface area (Å²) in [5.74, 6) is 0. The van der Waals surface area contributed by atoms with E-state index >= 15 is 0 Å². The molecule has 0 aliphatic carbocycles. The molecule has 0 bridgehead atoms. The monoisotopic (exact) mass is 202 g/mol. The molecule has 0 spiro atoms. The molecule has 2 nitrogen and oxygen atoms in total. The normalized spacial score (nSPS) is 17.3. The van der Waals surface area contributed by atoms with Crippen LogP contribution in [0.2, 0.25) is 0 Å². The van der Waals surface area contributed by atoms with Crippen molar-refractivity contribution in [2.45, 2.75) is 26.2 Å². The van der Waals surface area contributed by atoms with Crippen LogP contribution < -0.4 is 0 Å². The Kier molecular flexibility index (Phi) is 3.38. The second-order valence-electron chi connectivity index (χ2n) is 4.17. The molecule has 0 saturated carbocycles. The van der Waals surface area contributed by atoms with Crippen molar-refractivity contribution in [3.05, 3.63) is 35.4 Å². The van der Waals surface area contributed by atoms with E-state index in [9.17, 15) is 0 Å². The van der Waals surface area contributed by atoms with Crippen LogP contribution in [0.1, 0.15) is 30.4 Å². The summed E-state index contributed by atoms with van der Waals surface area (Å²) in [5.41, 5.74) is 2.48. The summed E-state index contributed by atoms with van der Waals surface area (Å²) in [5, 5.41) is 6.66. The molecule has 1 aromatic rings. The molecule has 15 heavy (non-hydrogen) atoms. The van der Waals surface area contributed by atoms with E-state index in [1.165, 1.54) is 30.4 Å². The highest BCUT2D eigenvalue weighted by Crippen LogP contribution is 2.08. The molecule has 80 valence electrons. The Morgan fingerprint density at radius 2 is 1.73 bits per heavy atom. The summed E-state index contributed by atoms with van der Waals surface area (Å²) < 4.78 is 0. The lowest BCUT2D eigenvalue weighted by molar-refractivity contribution is 0.240. The van der Waals surface area contributed by atoms with Gasteiger partial charge in [-0.2, -0.15) is 5.10 Å². The van der Waals surface area contributed by atoms with E-state index in [-0.39, 0.29) is 0 Å². The van der Waals surface area contributed by atoms with Gasteiger partial charge in [-0.3, -0.25) is 5.01 Å². The molecule has 2 heteroatoms. The molecule has 1 aliphatic heterocycles. The molecule has 1 heterocycles. The third-order valence-corrected chi connectivity index (χ3v) is 2.78. The molecule has 0 amide bonds. The standard InChI is InChI=1S/C13H18N2/c1-12-5-7-13(8-6-12)11-14-15-9-3-2-4-10-15/h5-8,11H,2-4,9-10H2,1H3. The summed E-state index contributed by atoms with van der Waals surface area (Å²) >= 11 is 0. The minimum atomic E-state index is 1.11. The summed E-state index contributed by atoms with van der Waals surface area (Å²) in [4.78, 5) is 0. The zero-order valence-electron chi connectivity index (χ0n) is 9.32. The summed E-state index contributed by atoms with van der Waals surface area (Å²) in [7, 11) is 0. The molecule has 0 N–H and O–H groups in total. The van der Waals surface area contributed by atoms with Gasteiger partial charge >= 0.3 is 0 Å². The van der Waals surface area contributed by atoms with Gasteiger partial charge in [-0.15, -0.1) is 0 Å². The van der Waals surface area contributed by atoms with Gasteiger partial charge in [-0.1, -0.05) is 29.8 Å². The van der Waals surface area contributed by atoms with E-state index in [0.717, 1.165) is 13.1 Å². The zero-order valence-corrected chi connectivity index (χ0v) is 9.32. The smallest absolute Gasteiger partial charge is 0.0542 e. The van der Waals surface area contributed by atoms with Gasteiger partial charge in [0.1, 0.15) is 0 Å². The largest absolute Gasteiger partial charge is 0.297 e. The van der Waals surface area contributed by atoms with Crippen molar-refractivity contribution in [3.8, 4) is 0 Å². The van der Waals surface area contributed by atoms with Crippen molar-refractivity contribution < 1.29 is 0 Å². The van der Waals surface area contributed by atoms with Gasteiger partial charge in [0.2, 0.25) is 0 Å². The Morgan fingerprint density at radius 1 is 1.07 bits per heavy atom. The Morgan fingerprint density at radius 3 is 2.40 bits per heavy atom. The Balaban J connectivity index is 1.95. The Hall–Kier alpha value is -1.31. The molecule has 1 fully saturated rings. The van der Waals surface area contributed by atoms with Crippen LogP contribution >= 0.6 is 0 Å². The van der Waals surface area contributed by atoms with Crippen LogP contribution in [0.4, 0.5) is 0 Å². The van der Waals surface area contributed by atoms with Crippen LogP contribution in [-0.2, 0) is 0 Å². The zero-order chi connectivity index (χ0) is 10.5. The fourth-order valence-corrected chi connectivity index (χ4v) is 1.79. The van der Waals surface area contributed by atoms with Gasteiger partial charge < -0.3 is 0 Å². The minimum absolute atomic E-state index is 1.11. The van der Waals surface area contributed by atoms with E-state index in [0.29, 0.717) is 0 Å². The second kappa shape index (κ2) is 4.96. The molecular weight excluding hydrogens is 184 g/mol. The maximum Gasteiger partial charge on any atom is 0.0542 e. The van der Waals surface area contributed by atoms with E-state index in [1.54, 1.807) is 0 Å². The van der Waals surface area contributed by atoms with E-state index in [1.807, 2.05) is 6.21 Å². The Bertz CT molecular complexity index is 321. The quantitative estimate of drug-likeness (QED) is 0.673. The van der Waals surface area contributed by atoms with Gasteiger partial charge in [0, 0.05) is 13.1 Å². The van der Waals surface area contributed by atoms with Gasteiger partial charge in [0.25, 0.3) is 0 Å². The van der Waals surface area contributed by atoms with Crippen LogP contribution in [0.3, 0.4) is 0 Å². The molecule has 0 atom stereocenters. The summed E-state index contributed by atoms with van der Waals surface area (Å²) in [6.07, 6.45) is 5.89. The highest BCUT2D eigenvalue weighted by molar-refractivity contribution is 5.79. The average Bonchev–Trinajstić information content (AvgIpc) is 2.30. The van der Waals surface area contributed by atoms with Crippen LogP contribution in [0.25, 0.3) is 0 Å². The Labute approximate surface area is 91.6 Å². The topological polar surface area (TPSA) is 15.6 Å². The maximum absolute atomic E-state index is 4.49. The molecule has 0 radical (unpaired) electrons. The first-order valence-electron chi connectivity index (χ1n) is 5.70. The first-order chi connectivity index (χ1) is 7.34. The molecule has 1 aromatic carbocycles. The van der Waals surface area contributed by atoms with E-state index in [2.05, 4.69) is 41.3 Å². The third-order valence-electron chi connectivity index (χ3n) is 2.78. The predicted molar refractivity (Wildman–Crippen MR) is 64.2 cm³/mol. The number of hydrogen-bond acceptors (Lipinski definition) is 2. The number of nitrogens with zero attached hydrogens (tertiary/aromatic N) is 2. The van der Waals surface area contributed by atoms with E-state index < -0.39 is 0 Å². The highest BCUT2D eigenvalue weighted by atomic mass is 15.4. The predicted octanol–water partition coefficient (Wildman–Crippen LogP) is 2.81. The SMILES string of the molecule is Cc1ccc(C=NN2CCCCC2)cc1. The molecule has 1 saturated heterocycles. The summed E-state index contributed by atoms with van der Waals surface area (Å²) in [6, 6.07) is 8.47. The second-order valence-corrected chi connectivity index (χ2v) is 4.17. The van der Waals surface area contributed by atoms with Gasteiger partial charge in [-0.05, 0) is 31.7 Å². The number of hydrogen-bond donors (Lipinski definition) is 0. The molecule has 1 aliphatic rings. The fraction of sp³-hybridized carbons (Fsp3) is 0.462. The maximum atomic E-state index is 4.49. The number of piperidine rings is 1. The van der Waals surface area contributed by atoms with E-state index in [4.69, 9.17) is 0 Å². The van der Waals surface area contributed by atoms with Gasteiger partial charge in [0.05, 0.1) is 6.21 Å². The first-order valence-corrected chi connectivity index (χ1v) is 5.70. The lowest BCUT2D eigenvalue weighted by Crippen LogP contribution is -2.24. The van der Waals surface area contributed by atoms with Crippen molar-refractivity contribution in [1.29, 1.82) is 0 Å². The van der Waals surface area contributed by atoms with Crippen molar-refractivity contribution >= 4 is 6.21 Å². The lowest BCUT2D eigenvalue weighted by Gasteiger charge is -2.23. The van der Waals surface area contributed by atoms with Crippen molar-refractivity contribution in [2.24, 2.45) is 5.10 Å². The number of rotatable bonds is 2. The van der Waals surface area contributed by atoms with Crippen molar-refractivity contribution in [3.63, 3.8) is 0 Å². The number of aryl methyl sites for hydroxylation is 1. The highest BCUT2D eigenvalue weighted by Gasteiger charge is 2.05. The van der Waals surface area contributed by atoms with Gasteiger partial charge in [0.15, 0.2) is 0 Å². The van der Waals surface area contributed by atoms with Crippen LogP contribution in [0.5, 0.6) is 0 Å². The van der Waals surface area contributed by atoms with Crippen LogP contribution in [0, 0.1) is 6.92 Å². The third kappa shape index (κ3) is 3.08. The van der Waals surface area contributed by atoms with Gasteiger partial charge in [-0.25, -0.2) is 0 Å². The first kappa shape index (κ1) is 10.2. The summed E-state index contributed by atoms with van der Waals surface area (Å²) in [6.45, 7) is 4.33. The molecular formula is C13H18N2. The molecule has 2 rings (SSSR count). The molecule has 0 aromatic heterocycles. The lowest BCUT2D eigenvalue weighted by atomic mass is 10.1. The van der Waals surface area contributed by atoms with Crippen LogP contribution in [0.15, 0.2) is 29.4 Å². The van der Waals surface area contributed by atoms with Crippen LogP contribution in [-0.4, -0.2) is 24.3 Å². The minimum Gasteiger partial charge on any atom is -0.297 e. The average molecular weight is 202 g/mol.